The van der Waals surface area contributed by atoms with Crippen LogP contribution in [0.25, 0.3) is 17.0 Å². The number of fused-ring (bicyclic) bond motifs is 1. The van der Waals surface area contributed by atoms with Gasteiger partial charge >= 0.3 is 0 Å². The van der Waals surface area contributed by atoms with E-state index in [-0.39, 0.29) is 12.0 Å². The molecule has 25 heavy (non-hydrogen) atoms. The van der Waals surface area contributed by atoms with Crippen molar-refractivity contribution in [1.29, 1.82) is 0 Å². The number of amides is 1. The Morgan fingerprint density at radius 1 is 1.32 bits per heavy atom. The van der Waals surface area contributed by atoms with Gasteiger partial charge < -0.3 is 10.1 Å². The minimum absolute atomic E-state index is 0.122. The van der Waals surface area contributed by atoms with Crippen molar-refractivity contribution in [2.75, 3.05) is 13.2 Å². The SMILES string of the molecule is O=C(NC[C@@H]1CCCO1)c1ccn2c(-c3ccccc3Br)nnc2c1. The molecule has 1 amide bonds. The van der Waals surface area contributed by atoms with Crippen LogP contribution in [0.15, 0.2) is 47.1 Å². The molecule has 1 fully saturated rings. The van der Waals surface area contributed by atoms with E-state index in [0.29, 0.717) is 17.8 Å². The van der Waals surface area contributed by atoms with Crippen LogP contribution in [0.5, 0.6) is 0 Å². The molecule has 1 N–H and O–H groups in total. The molecule has 3 heterocycles. The van der Waals surface area contributed by atoms with E-state index in [9.17, 15) is 4.79 Å². The van der Waals surface area contributed by atoms with Crippen molar-refractivity contribution in [3.05, 3.63) is 52.6 Å². The van der Waals surface area contributed by atoms with Gasteiger partial charge in [-0.2, -0.15) is 0 Å². The molecule has 2 aromatic heterocycles. The van der Waals surface area contributed by atoms with E-state index in [1.54, 1.807) is 12.1 Å². The third-order valence-corrected chi connectivity index (χ3v) is 4.99. The molecule has 6 nitrogen and oxygen atoms in total. The summed E-state index contributed by atoms with van der Waals surface area (Å²) in [4.78, 5) is 12.3. The predicted octanol–water partition coefficient (Wildman–Crippen LogP) is 3.07. The Morgan fingerprint density at radius 3 is 3.00 bits per heavy atom. The third kappa shape index (κ3) is 3.29. The van der Waals surface area contributed by atoms with Gasteiger partial charge in [-0.05, 0) is 31.0 Å². The average Bonchev–Trinajstić information content (AvgIpc) is 3.29. The number of halogens is 1. The van der Waals surface area contributed by atoms with Crippen molar-refractivity contribution in [3.63, 3.8) is 0 Å². The first-order valence-electron chi connectivity index (χ1n) is 8.22. The van der Waals surface area contributed by atoms with Gasteiger partial charge in [-0.1, -0.05) is 34.1 Å². The number of carbonyl (C=O) groups excluding carboxylic acids is 1. The highest BCUT2D eigenvalue weighted by molar-refractivity contribution is 9.10. The number of aromatic nitrogens is 3. The van der Waals surface area contributed by atoms with E-state index in [1.165, 1.54) is 0 Å². The molecular weight excluding hydrogens is 384 g/mol. The van der Waals surface area contributed by atoms with E-state index >= 15 is 0 Å². The number of hydrogen-bond acceptors (Lipinski definition) is 4. The standard InChI is InChI=1S/C18H17BrN4O2/c19-15-6-2-1-5-14(15)17-22-21-16-10-12(7-8-23(16)17)18(24)20-11-13-4-3-9-25-13/h1-2,5-8,10,13H,3-4,9,11H2,(H,20,24)/t13-/m0/s1. The second kappa shape index (κ2) is 6.93. The Hall–Kier alpha value is -2.25. The van der Waals surface area contributed by atoms with Crippen LogP contribution in [0.3, 0.4) is 0 Å². The van der Waals surface area contributed by atoms with Crippen LogP contribution in [-0.2, 0) is 4.74 Å². The Kier molecular flexibility index (Phi) is 4.50. The maximum Gasteiger partial charge on any atom is 0.251 e. The lowest BCUT2D eigenvalue weighted by atomic mass is 10.2. The Labute approximate surface area is 153 Å². The number of benzene rings is 1. The molecule has 4 rings (SSSR count). The topological polar surface area (TPSA) is 68.5 Å². The molecule has 1 aromatic carbocycles. The summed E-state index contributed by atoms with van der Waals surface area (Å²) in [5.74, 6) is 0.609. The second-order valence-corrected chi connectivity index (χ2v) is 6.85. The summed E-state index contributed by atoms with van der Waals surface area (Å²) >= 11 is 3.54. The van der Waals surface area contributed by atoms with Crippen molar-refractivity contribution in [2.24, 2.45) is 0 Å². The summed E-state index contributed by atoms with van der Waals surface area (Å²) in [6.45, 7) is 1.32. The maximum atomic E-state index is 12.3. The van der Waals surface area contributed by atoms with Gasteiger partial charge in [-0.25, -0.2) is 0 Å². The first-order valence-corrected chi connectivity index (χ1v) is 9.01. The lowest BCUT2D eigenvalue weighted by Crippen LogP contribution is -2.31. The van der Waals surface area contributed by atoms with Crippen molar-refractivity contribution >= 4 is 27.5 Å². The monoisotopic (exact) mass is 400 g/mol. The summed E-state index contributed by atoms with van der Waals surface area (Å²) in [5.41, 5.74) is 2.15. The second-order valence-electron chi connectivity index (χ2n) is 5.99. The minimum Gasteiger partial charge on any atom is -0.376 e. The fourth-order valence-electron chi connectivity index (χ4n) is 2.97. The first kappa shape index (κ1) is 16.2. The van der Waals surface area contributed by atoms with Gasteiger partial charge in [0.1, 0.15) is 0 Å². The van der Waals surface area contributed by atoms with E-state index in [1.807, 2.05) is 34.9 Å². The zero-order valence-corrected chi connectivity index (χ0v) is 15.1. The van der Waals surface area contributed by atoms with Gasteiger partial charge in [0, 0.05) is 34.9 Å². The quantitative estimate of drug-likeness (QED) is 0.730. The van der Waals surface area contributed by atoms with Gasteiger partial charge in [0.15, 0.2) is 11.5 Å². The predicted molar refractivity (Wildman–Crippen MR) is 97.4 cm³/mol. The highest BCUT2D eigenvalue weighted by atomic mass is 79.9. The van der Waals surface area contributed by atoms with Crippen LogP contribution in [0, 0.1) is 0 Å². The van der Waals surface area contributed by atoms with Crippen molar-refractivity contribution < 1.29 is 9.53 Å². The largest absolute Gasteiger partial charge is 0.376 e. The average molecular weight is 401 g/mol. The van der Waals surface area contributed by atoms with E-state index in [2.05, 4.69) is 31.4 Å². The lowest BCUT2D eigenvalue weighted by molar-refractivity contribution is 0.0858. The summed E-state index contributed by atoms with van der Waals surface area (Å²) in [6, 6.07) is 11.4. The number of ether oxygens (including phenoxy) is 1. The van der Waals surface area contributed by atoms with E-state index in [0.717, 1.165) is 35.3 Å². The molecule has 0 unspecified atom stereocenters. The van der Waals surface area contributed by atoms with E-state index < -0.39 is 0 Å². The number of rotatable bonds is 4. The maximum absolute atomic E-state index is 12.3. The molecule has 1 saturated heterocycles. The van der Waals surface area contributed by atoms with Gasteiger partial charge in [0.05, 0.1) is 6.10 Å². The summed E-state index contributed by atoms with van der Waals surface area (Å²) in [7, 11) is 0. The van der Waals surface area contributed by atoms with Crippen LogP contribution in [0.1, 0.15) is 23.2 Å². The molecular formula is C18H17BrN4O2. The highest BCUT2D eigenvalue weighted by Crippen LogP contribution is 2.26. The Balaban J connectivity index is 1.57. The molecule has 1 aliphatic rings. The zero-order valence-electron chi connectivity index (χ0n) is 13.5. The number of hydrogen-bond donors (Lipinski definition) is 1. The number of nitrogens with zero attached hydrogens (tertiary/aromatic N) is 3. The third-order valence-electron chi connectivity index (χ3n) is 4.30. The Bertz CT molecular complexity index is 918. The van der Waals surface area contributed by atoms with Crippen LogP contribution in [0.4, 0.5) is 0 Å². The van der Waals surface area contributed by atoms with Crippen LogP contribution in [0.2, 0.25) is 0 Å². The van der Waals surface area contributed by atoms with Gasteiger partial charge in [0.25, 0.3) is 5.91 Å². The van der Waals surface area contributed by atoms with Crippen molar-refractivity contribution in [1.82, 2.24) is 19.9 Å². The molecule has 0 bridgehead atoms. The first-order chi connectivity index (χ1) is 12.2. The molecule has 1 aliphatic heterocycles. The highest BCUT2D eigenvalue weighted by Gasteiger charge is 2.17. The fraction of sp³-hybridized carbons (Fsp3) is 0.278. The molecule has 0 saturated carbocycles. The number of nitrogens with one attached hydrogen (secondary N) is 1. The molecule has 1 atom stereocenters. The van der Waals surface area contributed by atoms with Crippen LogP contribution in [-0.4, -0.2) is 39.8 Å². The number of carbonyl (C=O) groups is 1. The zero-order chi connectivity index (χ0) is 17.2. The van der Waals surface area contributed by atoms with Crippen molar-refractivity contribution in [3.8, 4) is 11.4 Å². The van der Waals surface area contributed by atoms with Gasteiger partial charge in [0.2, 0.25) is 0 Å². The molecule has 0 radical (unpaired) electrons. The normalized spacial score (nSPS) is 17.1. The fourth-order valence-corrected chi connectivity index (χ4v) is 3.43. The summed E-state index contributed by atoms with van der Waals surface area (Å²) < 4.78 is 8.35. The van der Waals surface area contributed by atoms with Crippen molar-refractivity contribution in [2.45, 2.75) is 18.9 Å². The molecule has 0 aliphatic carbocycles. The smallest absolute Gasteiger partial charge is 0.251 e. The van der Waals surface area contributed by atoms with Gasteiger partial charge in [-0.3, -0.25) is 9.20 Å². The minimum atomic E-state index is -0.122. The Morgan fingerprint density at radius 2 is 2.20 bits per heavy atom. The van der Waals surface area contributed by atoms with Crippen LogP contribution >= 0.6 is 15.9 Å². The van der Waals surface area contributed by atoms with Crippen LogP contribution < -0.4 is 5.32 Å². The summed E-state index contributed by atoms with van der Waals surface area (Å²) in [6.07, 6.45) is 4.01. The molecule has 128 valence electrons. The summed E-state index contributed by atoms with van der Waals surface area (Å²) in [5, 5.41) is 11.4. The molecule has 3 aromatic rings. The van der Waals surface area contributed by atoms with E-state index in [4.69, 9.17) is 4.74 Å². The number of pyridine rings is 1. The molecule has 7 heteroatoms. The molecule has 0 spiro atoms. The van der Waals surface area contributed by atoms with Gasteiger partial charge in [-0.15, -0.1) is 10.2 Å². The lowest BCUT2D eigenvalue weighted by Gasteiger charge is -2.11.